The molecule has 1 amide bonds. The van der Waals surface area contributed by atoms with Gasteiger partial charge in [0.1, 0.15) is 6.54 Å². The van der Waals surface area contributed by atoms with Gasteiger partial charge in [-0.2, -0.15) is 0 Å². The number of sulfonamides is 1. The zero-order chi connectivity index (χ0) is 22.3. The summed E-state index contributed by atoms with van der Waals surface area (Å²) in [6.45, 7) is 7.33. The molecule has 1 aliphatic heterocycles. The molecule has 0 aromatic heterocycles. The molecular formula is C24H33N3O3S. The van der Waals surface area contributed by atoms with Crippen molar-refractivity contribution in [2.75, 3.05) is 37.0 Å². The lowest BCUT2D eigenvalue weighted by molar-refractivity contribution is -0.119. The van der Waals surface area contributed by atoms with E-state index in [2.05, 4.69) is 10.2 Å². The van der Waals surface area contributed by atoms with Gasteiger partial charge >= 0.3 is 0 Å². The van der Waals surface area contributed by atoms with Crippen molar-refractivity contribution in [3.63, 3.8) is 0 Å². The van der Waals surface area contributed by atoms with Gasteiger partial charge < -0.3 is 10.2 Å². The molecule has 0 radical (unpaired) electrons. The molecule has 0 saturated carbocycles. The van der Waals surface area contributed by atoms with E-state index >= 15 is 0 Å². The normalized spacial score (nSPS) is 14.9. The quantitative estimate of drug-likeness (QED) is 0.603. The second kappa shape index (κ2) is 10.8. The molecule has 0 aliphatic carbocycles. The van der Waals surface area contributed by atoms with Crippen molar-refractivity contribution in [2.45, 2.75) is 44.4 Å². The van der Waals surface area contributed by atoms with Crippen LogP contribution in [0.25, 0.3) is 0 Å². The Morgan fingerprint density at radius 1 is 1.00 bits per heavy atom. The number of nitrogens with one attached hydrogen (secondary N) is 1. The summed E-state index contributed by atoms with van der Waals surface area (Å²) < 4.78 is 27.9. The number of carbonyl (C=O) groups excluding carboxylic acids is 1. The first-order valence-corrected chi connectivity index (χ1v) is 12.5. The fraction of sp³-hybridized carbons (Fsp3) is 0.458. The molecule has 0 spiro atoms. The van der Waals surface area contributed by atoms with Crippen LogP contribution in [0.4, 0.5) is 5.69 Å². The number of rotatable bonds is 9. The SMILES string of the molecule is Cc1ccc(S(=O)(=O)N(CC(=O)NCCCN2CCCCC2)c2cccc(C)c2)cc1. The van der Waals surface area contributed by atoms with Crippen molar-refractivity contribution in [3.8, 4) is 0 Å². The van der Waals surface area contributed by atoms with E-state index in [1.165, 1.54) is 23.6 Å². The maximum Gasteiger partial charge on any atom is 0.264 e. The van der Waals surface area contributed by atoms with Crippen molar-refractivity contribution in [1.29, 1.82) is 0 Å². The van der Waals surface area contributed by atoms with E-state index < -0.39 is 10.0 Å². The molecule has 6 nitrogen and oxygen atoms in total. The van der Waals surface area contributed by atoms with Crippen molar-refractivity contribution in [3.05, 3.63) is 59.7 Å². The summed E-state index contributed by atoms with van der Waals surface area (Å²) in [6.07, 6.45) is 4.65. The van der Waals surface area contributed by atoms with Gasteiger partial charge in [0, 0.05) is 6.54 Å². The van der Waals surface area contributed by atoms with E-state index in [4.69, 9.17) is 0 Å². The van der Waals surface area contributed by atoms with E-state index in [0.717, 1.165) is 37.2 Å². The molecule has 7 heteroatoms. The Labute approximate surface area is 186 Å². The standard InChI is InChI=1S/C24H33N3O3S/c1-20-10-12-23(13-11-20)31(29,30)27(22-9-6-8-21(2)18-22)19-24(28)25-14-7-17-26-15-4-3-5-16-26/h6,8-13,18H,3-5,7,14-17,19H2,1-2H3,(H,25,28). The monoisotopic (exact) mass is 443 g/mol. The van der Waals surface area contributed by atoms with E-state index in [0.29, 0.717) is 12.2 Å². The van der Waals surface area contributed by atoms with E-state index in [-0.39, 0.29) is 17.3 Å². The molecule has 168 valence electrons. The van der Waals surface area contributed by atoms with Gasteiger partial charge in [0.25, 0.3) is 10.0 Å². The number of nitrogens with zero attached hydrogens (tertiary/aromatic N) is 2. The minimum Gasteiger partial charge on any atom is -0.354 e. The van der Waals surface area contributed by atoms with Crippen LogP contribution < -0.4 is 9.62 Å². The number of carbonyl (C=O) groups is 1. The van der Waals surface area contributed by atoms with Crippen LogP contribution in [0.3, 0.4) is 0 Å². The van der Waals surface area contributed by atoms with Gasteiger partial charge in [0.05, 0.1) is 10.6 Å². The van der Waals surface area contributed by atoms with Crippen LogP contribution in [0.15, 0.2) is 53.4 Å². The number of aryl methyl sites for hydroxylation is 2. The highest BCUT2D eigenvalue weighted by atomic mass is 32.2. The lowest BCUT2D eigenvalue weighted by Crippen LogP contribution is -2.41. The lowest BCUT2D eigenvalue weighted by atomic mass is 10.1. The number of benzene rings is 2. The van der Waals surface area contributed by atoms with Crippen LogP contribution >= 0.6 is 0 Å². The first-order valence-electron chi connectivity index (χ1n) is 11.0. The molecule has 1 N–H and O–H groups in total. The minimum absolute atomic E-state index is 0.178. The fourth-order valence-electron chi connectivity index (χ4n) is 3.84. The molecule has 1 fully saturated rings. The third-order valence-electron chi connectivity index (χ3n) is 5.61. The average molecular weight is 444 g/mol. The first kappa shape index (κ1) is 23.3. The van der Waals surface area contributed by atoms with E-state index in [1.807, 2.05) is 19.9 Å². The summed E-state index contributed by atoms with van der Waals surface area (Å²) >= 11 is 0. The Morgan fingerprint density at radius 2 is 1.71 bits per heavy atom. The summed E-state index contributed by atoms with van der Waals surface area (Å²) in [5, 5.41) is 2.90. The van der Waals surface area contributed by atoms with Gasteiger partial charge in [-0.3, -0.25) is 9.10 Å². The Hall–Kier alpha value is -2.38. The second-order valence-electron chi connectivity index (χ2n) is 8.27. The molecule has 0 bridgehead atoms. The van der Waals surface area contributed by atoms with Gasteiger partial charge in [0.15, 0.2) is 0 Å². The molecule has 3 rings (SSSR count). The molecule has 31 heavy (non-hydrogen) atoms. The third kappa shape index (κ3) is 6.55. The number of hydrogen-bond acceptors (Lipinski definition) is 4. The molecule has 2 aromatic rings. The van der Waals surface area contributed by atoms with Crippen LogP contribution in [0, 0.1) is 13.8 Å². The Morgan fingerprint density at radius 3 is 2.39 bits per heavy atom. The molecular weight excluding hydrogens is 410 g/mol. The Balaban J connectivity index is 1.68. The highest BCUT2D eigenvalue weighted by Crippen LogP contribution is 2.24. The van der Waals surface area contributed by atoms with Crippen LogP contribution in [-0.2, 0) is 14.8 Å². The largest absolute Gasteiger partial charge is 0.354 e. The molecule has 2 aromatic carbocycles. The predicted octanol–water partition coefficient (Wildman–Crippen LogP) is 3.49. The highest BCUT2D eigenvalue weighted by Gasteiger charge is 2.27. The maximum atomic E-state index is 13.4. The van der Waals surface area contributed by atoms with Crippen molar-refractivity contribution < 1.29 is 13.2 Å². The summed E-state index contributed by atoms with van der Waals surface area (Å²) in [4.78, 5) is 15.3. The fourth-order valence-corrected chi connectivity index (χ4v) is 5.25. The van der Waals surface area contributed by atoms with Gasteiger partial charge in [-0.1, -0.05) is 36.2 Å². The third-order valence-corrected chi connectivity index (χ3v) is 7.40. The highest BCUT2D eigenvalue weighted by molar-refractivity contribution is 7.92. The number of amides is 1. The van der Waals surface area contributed by atoms with Crippen LogP contribution in [0.1, 0.15) is 36.8 Å². The van der Waals surface area contributed by atoms with Crippen LogP contribution in [-0.4, -0.2) is 51.9 Å². The molecule has 0 unspecified atom stereocenters. The number of hydrogen-bond donors (Lipinski definition) is 1. The summed E-state index contributed by atoms with van der Waals surface area (Å²) in [7, 11) is -3.87. The predicted molar refractivity (Wildman–Crippen MR) is 125 cm³/mol. The minimum atomic E-state index is -3.87. The zero-order valence-corrected chi connectivity index (χ0v) is 19.3. The first-order chi connectivity index (χ1) is 14.9. The zero-order valence-electron chi connectivity index (χ0n) is 18.5. The van der Waals surface area contributed by atoms with Gasteiger partial charge in [-0.25, -0.2) is 8.42 Å². The average Bonchev–Trinajstić information content (AvgIpc) is 2.76. The number of likely N-dealkylation sites (tertiary alicyclic amines) is 1. The van der Waals surface area contributed by atoms with Crippen molar-refractivity contribution >= 4 is 21.6 Å². The summed E-state index contributed by atoms with van der Waals surface area (Å²) in [5.74, 6) is -0.296. The molecule has 0 atom stereocenters. The molecule has 1 aliphatic rings. The number of anilines is 1. The van der Waals surface area contributed by atoms with Gasteiger partial charge in [0.2, 0.25) is 5.91 Å². The van der Waals surface area contributed by atoms with Gasteiger partial charge in [-0.15, -0.1) is 0 Å². The van der Waals surface area contributed by atoms with Crippen LogP contribution in [0.2, 0.25) is 0 Å². The Kier molecular flexibility index (Phi) is 8.09. The smallest absolute Gasteiger partial charge is 0.264 e. The summed E-state index contributed by atoms with van der Waals surface area (Å²) in [6, 6.07) is 13.9. The summed E-state index contributed by atoms with van der Waals surface area (Å²) in [5.41, 5.74) is 2.40. The van der Waals surface area contributed by atoms with E-state index in [9.17, 15) is 13.2 Å². The number of piperidine rings is 1. The lowest BCUT2D eigenvalue weighted by Gasteiger charge is -2.26. The van der Waals surface area contributed by atoms with Crippen molar-refractivity contribution in [2.24, 2.45) is 0 Å². The maximum absolute atomic E-state index is 13.4. The Bertz CT molecular complexity index is 968. The van der Waals surface area contributed by atoms with Gasteiger partial charge in [-0.05, 0) is 82.6 Å². The molecule has 1 heterocycles. The van der Waals surface area contributed by atoms with Crippen molar-refractivity contribution in [1.82, 2.24) is 10.2 Å². The van der Waals surface area contributed by atoms with Crippen LogP contribution in [0.5, 0.6) is 0 Å². The topological polar surface area (TPSA) is 69.7 Å². The molecule has 1 saturated heterocycles. The van der Waals surface area contributed by atoms with E-state index in [1.54, 1.807) is 42.5 Å². The second-order valence-corrected chi connectivity index (χ2v) is 10.1.